The molecule has 0 aliphatic carbocycles. The summed E-state index contributed by atoms with van der Waals surface area (Å²) in [5.74, 6) is 0. The van der Waals surface area contributed by atoms with Gasteiger partial charge in [-0.1, -0.05) is 72.8 Å². The lowest BCUT2D eigenvalue weighted by molar-refractivity contribution is 1.17. The van der Waals surface area contributed by atoms with E-state index in [1.807, 2.05) is 18.5 Å². The van der Waals surface area contributed by atoms with Gasteiger partial charge in [0.1, 0.15) is 0 Å². The van der Waals surface area contributed by atoms with Crippen LogP contribution in [0.3, 0.4) is 0 Å². The number of hydrogen-bond acceptors (Lipinski definition) is 1. The maximum Gasteiger partial charge on any atom is 0.0548 e. The minimum Gasteiger partial charge on any atom is -0.309 e. The molecule has 0 spiro atoms. The van der Waals surface area contributed by atoms with E-state index in [0.717, 1.165) is 16.8 Å². The molecule has 38 heavy (non-hydrogen) atoms. The lowest BCUT2D eigenvalue weighted by atomic mass is 10.1. The molecule has 3 heterocycles. The van der Waals surface area contributed by atoms with Crippen molar-refractivity contribution in [2.75, 3.05) is 0 Å². The number of hydrogen-bond donors (Lipinski definition) is 0. The van der Waals surface area contributed by atoms with Crippen molar-refractivity contribution in [1.29, 1.82) is 0 Å². The highest BCUT2D eigenvalue weighted by atomic mass is 15.0. The van der Waals surface area contributed by atoms with E-state index in [1.165, 1.54) is 49.3 Å². The zero-order chi connectivity index (χ0) is 25.1. The second-order valence-electron chi connectivity index (χ2n) is 9.72. The molecule has 0 saturated heterocycles. The van der Waals surface area contributed by atoms with Gasteiger partial charge in [0.15, 0.2) is 0 Å². The molecule has 0 radical (unpaired) electrons. The van der Waals surface area contributed by atoms with Gasteiger partial charge in [-0.3, -0.25) is 4.98 Å². The zero-order valence-corrected chi connectivity index (χ0v) is 20.6. The fraction of sp³-hybridized carbons (Fsp3) is 0. The molecule has 3 aromatic heterocycles. The Morgan fingerprint density at radius 3 is 1.63 bits per heavy atom. The van der Waals surface area contributed by atoms with Crippen LogP contribution in [-0.2, 0) is 0 Å². The molecule has 0 saturated carbocycles. The number of aromatic nitrogens is 3. The van der Waals surface area contributed by atoms with Crippen LogP contribution in [0.2, 0.25) is 0 Å². The Bertz CT molecular complexity index is 2120. The van der Waals surface area contributed by atoms with Gasteiger partial charge in [0, 0.05) is 50.9 Å². The fourth-order valence-corrected chi connectivity index (χ4v) is 5.92. The van der Waals surface area contributed by atoms with E-state index in [9.17, 15) is 0 Å². The average molecular weight is 486 g/mol. The Balaban J connectivity index is 1.49. The van der Waals surface area contributed by atoms with Crippen molar-refractivity contribution in [2.24, 2.45) is 0 Å². The molecule has 0 aliphatic heterocycles. The lowest BCUT2D eigenvalue weighted by Crippen LogP contribution is -1.95. The van der Waals surface area contributed by atoms with Crippen molar-refractivity contribution in [3.05, 3.63) is 140 Å². The normalized spacial score (nSPS) is 11.7. The minimum absolute atomic E-state index is 1.11. The van der Waals surface area contributed by atoms with Gasteiger partial charge < -0.3 is 9.13 Å². The van der Waals surface area contributed by atoms with E-state index in [0.29, 0.717) is 0 Å². The highest BCUT2D eigenvalue weighted by molar-refractivity contribution is 6.19. The van der Waals surface area contributed by atoms with Crippen LogP contribution < -0.4 is 0 Å². The van der Waals surface area contributed by atoms with E-state index < -0.39 is 0 Å². The number of pyridine rings is 1. The Hall–Kier alpha value is -5.15. The molecule has 0 unspecified atom stereocenters. The second-order valence-corrected chi connectivity index (χ2v) is 9.72. The minimum atomic E-state index is 1.11. The van der Waals surface area contributed by atoms with Crippen LogP contribution in [0, 0.1) is 0 Å². The quantitative estimate of drug-likeness (QED) is 0.245. The molecule has 0 bridgehead atoms. The highest BCUT2D eigenvalue weighted by Crippen LogP contribution is 2.39. The van der Waals surface area contributed by atoms with Crippen molar-refractivity contribution < 1.29 is 0 Å². The van der Waals surface area contributed by atoms with Gasteiger partial charge >= 0.3 is 0 Å². The molecule has 3 nitrogen and oxygen atoms in total. The van der Waals surface area contributed by atoms with Crippen LogP contribution in [0.25, 0.3) is 66.1 Å². The zero-order valence-electron chi connectivity index (χ0n) is 20.6. The van der Waals surface area contributed by atoms with Gasteiger partial charge in [-0.05, 0) is 60.2 Å². The first-order chi connectivity index (χ1) is 18.9. The third-order valence-corrected chi connectivity index (χ3v) is 7.58. The summed E-state index contributed by atoms with van der Waals surface area (Å²) in [6.07, 6.45) is 3.74. The molecule has 0 aliphatic rings. The summed E-state index contributed by atoms with van der Waals surface area (Å²) in [4.78, 5) is 4.33. The third-order valence-electron chi connectivity index (χ3n) is 7.58. The predicted molar refractivity (Wildman–Crippen MR) is 158 cm³/mol. The molecule has 0 fully saturated rings. The maximum atomic E-state index is 4.33. The first kappa shape index (κ1) is 21.0. The molecule has 3 heteroatoms. The predicted octanol–water partition coefficient (Wildman–Crippen LogP) is 8.94. The number of rotatable bonds is 3. The summed E-state index contributed by atoms with van der Waals surface area (Å²) in [7, 11) is 0. The number of benzene rings is 5. The maximum absolute atomic E-state index is 4.33. The molecular weight excluding hydrogens is 462 g/mol. The molecule has 0 amide bonds. The number of fused-ring (bicyclic) bond motifs is 6. The van der Waals surface area contributed by atoms with Crippen LogP contribution in [-0.4, -0.2) is 14.1 Å². The Kier molecular flexibility index (Phi) is 4.52. The molecular formula is C35H23N3. The molecule has 8 aromatic rings. The Morgan fingerprint density at radius 2 is 0.974 bits per heavy atom. The van der Waals surface area contributed by atoms with Gasteiger partial charge in [0.2, 0.25) is 0 Å². The second kappa shape index (κ2) is 8.19. The fourth-order valence-electron chi connectivity index (χ4n) is 5.92. The first-order valence-electron chi connectivity index (χ1n) is 12.9. The van der Waals surface area contributed by atoms with Gasteiger partial charge in [0.05, 0.1) is 22.1 Å². The average Bonchev–Trinajstić information content (AvgIpc) is 3.49. The number of para-hydroxylation sites is 3. The lowest BCUT2D eigenvalue weighted by Gasteiger charge is -2.11. The Morgan fingerprint density at radius 1 is 0.395 bits per heavy atom. The highest BCUT2D eigenvalue weighted by Gasteiger charge is 2.18. The summed E-state index contributed by atoms with van der Waals surface area (Å²) >= 11 is 0. The largest absolute Gasteiger partial charge is 0.309 e. The topological polar surface area (TPSA) is 22.8 Å². The van der Waals surface area contributed by atoms with Crippen molar-refractivity contribution in [2.45, 2.75) is 0 Å². The van der Waals surface area contributed by atoms with E-state index in [1.54, 1.807) is 0 Å². The summed E-state index contributed by atoms with van der Waals surface area (Å²) in [6.45, 7) is 0. The number of nitrogens with zero attached hydrogens (tertiary/aromatic N) is 3. The van der Waals surface area contributed by atoms with Gasteiger partial charge in [-0.25, -0.2) is 0 Å². The van der Waals surface area contributed by atoms with Crippen molar-refractivity contribution in [1.82, 2.24) is 14.1 Å². The molecule has 5 aromatic carbocycles. The third kappa shape index (κ3) is 3.06. The van der Waals surface area contributed by atoms with E-state index in [-0.39, 0.29) is 0 Å². The van der Waals surface area contributed by atoms with Gasteiger partial charge in [0.25, 0.3) is 0 Å². The van der Waals surface area contributed by atoms with Gasteiger partial charge in [-0.2, -0.15) is 0 Å². The van der Waals surface area contributed by atoms with Crippen molar-refractivity contribution >= 4 is 43.6 Å². The van der Waals surface area contributed by atoms with E-state index >= 15 is 0 Å². The smallest absolute Gasteiger partial charge is 0.0548 e. The molecule has 178 valence electrons. The van der Waals surface area contributed by atoms with Gasteiger partial charge in [-0.15, -0.1) is 0 Å². The van der Waals surface area contributed by atoms with Crippen LogP contribution in [0.4, 0.5) is 0 Å². The summed E-state index contributed by atoms with van der Waals surface area (Å²) in [5, 5.41) is 5.01. The van der Waals surface area contributed by atoms with E-state index in [4.69, 9.17) is 0 Å². The standard InChI is InChI=1S/C35H23N3/c1-2-12-26(13-3-1)37-32-17-6-4-15-28(32)30-22-35-31(21-34(30)37)29-16-5-7-18-33(29)38(35)27-14-8-10-24(20-27)25-11-9-19-36-23-25/h1-23H. The molecule has 8 rings (SSSR count). The van der Waals surface area contributed by atoms with Crippen LogP contribution in [0.1, 0.15) is 0 Å². The monoisotopic (exact) mass is 485 g/mol. The van der Waals surface area contributed by atoms with Crippen molar-refractivity contribution in [3.8, 4) is 22.5 Å². The summed E-state index contributed by atoms with van der Waals surface area (Å²) in [6, 6.07) is 45.7. The molecule has 0 N–H and O–H groups in total. The van der Waals surface area contributed by atoms with Crippen LogP contribution >= 0.6 is 0 Å². The van der Waals surface area contributed by atoms with Crippen LogP contribution in [0.5, 0.6) is 0 Å². The first-order valence-corrected chi connectivity index (χ1v) is 12.9. The van der Waals surface area contributed by atoms with Crippen molar-refractivity contribution in [3.63, 3.8) is 0 Å². The Labute approximate surface area is 219 Å². The van der Waals surface area contributed by atoms with Crippen LogP contribution in [0.15, 0.2) is 140 Å². The summed E-state index contributed by atoms with van der Waals surface area (Å²) < 4.78 is 4.79. The SMILES string of the molecule is c1ccc(-n2c3ccccc3c3cc4c(cc32)c2ccccc2n4-c2cccc(-c3cccnc3)c2)cc1. The summed E-state index contributed by atoms with van der Waals surface area (Å²) in [5.41, 5.74) is 9.43. The van der Waals surface area contributed by atoms with E-state index in [2.05, 4.69) is 135 Å². The molecule has 0 atom stereocenters.